The molecule has 2 N–H and O–H groups in total. The molecule has 8 heteroatoms. The molecule has 1 saturated carbocycles. The van der Waals surface area contributed by atoms with Crippen LogP contribution in [-0.2, 0) is 10.0 Å². The van der Waals surface area contributed by atoms with E-state index in [1.807, 2.05) is 32.0 Å². The highest BCUT2D eigenvalue weighted by molar-refractivity contribution is 7.89. The molecule has 3 rings (SSSR count). The quantitative estimate of drug-likeness (QED) is 0.768. The van der Waals surface area contributed by atoms with Crippen molar-refractivity contribution in [2.24, 2.45) is 0 Å². The summed E-state index contributed by atoms with van der Waals surface area (Å²) in [6.07, 6.45) is 1.59. The van der Waals surface area contributed by atoms with Gasteiger partial charge in [-0.25, -0.2) is 13.1 Å². The van der Waals surface area contributed by atoms with Crippen LogP contribution >= 0.6 is 23.2 Å². The van der Waals surface area contributed by atoms with Crippen molar-refractivity contribution < 1.29 is 13.2 Å². The van der Waals surface area contributed by atoms with Gasteiger partial charge in [-0.3, -0.25) is 4.79 Å². The molecule has 5 nitrogen and oxygen atoms in total. The Labute approximate surface area is 162 Å². The van der Waals surface area contributed by atoms with E-state index in [-0.39, 0.29) is 26.5 Å². The van der Waals surface area contributed by atoms with Gasteiger partial charge in [0.05, 0.1) is 15.6 Å². The largest absolute Gasteiger partial charge is 0.322 e. The van der Waals surface area contributed by atoms with E-state index in [0.717, 1.165) is 24.0 Å². The van der Waals surface area contributed by atoms with Crippen LogP contribution in [0.15, 0.2) is 35.2 Å². The number of halogens is 2. The number of carbonyl (C=O) groups excluding carboxylic acids is 1. The number of hydrogen-bond donors (Lipinski definition) is 2. The van der Waals surface area contributed by atoms with Gasteiger partial charge in [-0.1, -0.05) is 35.3 Å². The second kappa shape index (κ2) is 7.19. The summed E-state index contributed by atoms with van der Waals surface area (Å²) in [4.78, 5) is 12.5. The second-order valence-electron chi connectivity index (χ2n) is 6.43. The molecule has 138 valence electrons. The first-order valence-corrected chi connectivity index (χ1v) is 10.3. The van der Waals surface area contributed by atoms with Gasteiger partial charge in [0.1, 0.15) is 4.90 Å². The zero-order valence-corrected chi connectivity index (χ0v) is 16.6. The lowest BCUT2D eigenvalue weighted by molar-refractivity contribution is 0.102. The molecule has 0 aromatic heterocycles. The van der Waals surface area contributed by atoms with Crippen LogP contribution in [0.25, 0.3) is 0 Å². The third-order valence-electron chi connectivity index (χ3n) is 4.10. The van der Waals surface area contributed by atoms with E-state index in [4.69, 9.17) is 23.2 Å². The SMILES string of the molecule is Cc1ccc(C)c(NC(=O)c2cc(S(=O)(=O)NC3CC3)c(Cl)cc2Cl)c1. The minimum absolute atomic E-state index is 0.0218. The topological polar surface area (TPSA) is 75.3 Å². The molecule has 1 amide bonds. The summed E-state index contributed by atoms with van der Waals surface area (Å²) in [5, 5.41) is 2.84. The van der Waals surface area contributed by atoms with Crippen LogP contribution in [0.5, 0.6) is 0 Å². The van der Waals surface area contributed by atoms with E-state index in [2.05, 4.69) is 10.0 Å². The van der Waals surface area contributed by atoms with Crippen LogP contribution in [0.1, 0.15) is 34.3 Å². The summed E-state index contributed by atoms with van der Waals surface area (Å²) >= 11 is 12.2. The van der Waals surface area contributed by atoms with E-state index in [0.29, 0.717) is 5.69 Å². The Morgan fingerprint density at radius 3 is 2.42 bits per heavy atom. The molecule has 0 radical (unpaired) electrons. The van der Waals surface area contributed by atoms with Gasteiger partial charge in [-0.15, -0.1) is 0 Å². The highest BCUT2D eigenvalue weighted by Crippen LogP contribution is 2.31. The van der Waals surface area contributed by atoms with E-state index >= 15 is 0 Å². The maximum atomic E-state index is 12.7. The van der Waals surface area contributed by atoms with Crippen LogP contribution in [0, 0.1) is 13.8 Å². The van der Waals surface area contributed by atoms with Crippen molar-refractivity contribution in [2.75, 3.05) is 5.32 Å². The molecule has 0 atom stereocenters. The lowest BCUT2D eigenvalue weighted by atomic mass is 10.1. The average molecular weight is 413 g/mol. The molecular weight excluding hydrogens is 395 g/mol. The Morgan fingerprint density at radius 1 is 1.08 bits per heavy atom. The van der Waals surface area contributed by atoms with Gasteiger partial charge in [0.25, 0.3) is 5.91 Å². The highest BCUT2D eigenvalue weighted by Gasteiger charge is 2.30. The molecule has 1 fully saturated rings. The first-order chi connectivity index (χ1) is 12.2. The third-order valence-corrected chi connectivity index (χ3v) is 6.39. The van der Waals surface area contributed by atoms with E-state index < -0.39 is 15.9 Å². The average Bonchev–Trinajstić information content (AvgIpc) is 3.33. The Bertz CT molecular complexity index is 986. The molecule has 0 unspecified atom stereocenters. The summed E-state index contributed by atoms with van der Waals surface area (Å²) in [7, 11) is -3.81. The number of sulfonamides is 1. The second-order valence-corrected chi connectivity index (χ2v) is 8.93. The van der Waals surface area contributed by atoms with E-state index in [1.165, 1.54) is 12.1 Å². The van der Waals surface area contributed by atoms with E-state index in [9.17, 15) is 13.2 Å². The maximum absolute atomic E-state index is 12.7. The summed E-state index contributed by atoms with van der Waals surface area (Å²) in [6, 6.07) is 8.10. The summed E-state index contributed by atoms with van der Waals surface area (Å²) in [5.74, 6) is -0.497. The predicted molar refractivity (Wildman–Crippen MR) is 104 cm³/mol. The maximum Gasteiger partial charge on any atom is 0.257 e. The van der Waals surface area contributed by atoms with Gasteiger partial charge < -0.3 is 5.32 Å². The van der Waals surface area contributed by atoms with Gasteiger partial charge in [-0.2, -0.15) is 0 Å². The van der Waals surface area contributed by atoms with Gasteiger partial charge >= 0.3 is 0 Å². The number of hydrogen-bond acceptors (Lipinski definition) is 3. The lowest BCUT2D eigenvalue weighted by Crippen LogP contribution is -2.26. The van der Waals surface area contributed by atoms with Crippen molar-refractivity contribution in [3.63, 3.8) is 0 Å². The Morgan fingerprint density at radius 2 is 1.77 bits per heavy atom. The monoisotopic (exact) mass is 412 g/mol. The lowest BCUT2D eigenvalue weighted by Gasteiger charge is -2.13. The van der Waals surface area contributed by atoms with Crippen molar-refractivity contribution in [1.82, 2.24) is 4.72 Å². The first-order valence-electron chi connectivity index (χ1n) is 8.07. The Kier molecular flexibility index (Phi) is 5.30. The van der Waals surface area contributed by atoms with Gasteiger partial charge in [0, 0.05) is 11.7 Å². The minimum Gasteiger partial charge on any atom is -0.322 e. The number of rotatable bonds is 5. The van der Waals surface area contributed by atoms with Crippen molar-refractivity contribution >= 4 is 44.8 Å². The van der Waals surface area contributed by atoms with Crippen molar-refractivity contribution in [2.45, 2.75) is 37.6 Å². The zero-order chi connectivity index (χ0) is 19.1. The highest BCUT2D eigenvalue weighted by atomic mass is 35.5. The fourth-order valence-corrected chi connectivity index (χ4v) is 4.62. The van der Waals surface area contributed by atoms with Gasteiger partial charge in [-0.05, 0) is 56.0 Å². The molecule has 2 aromatic carbocycles. The van der Waals surface area contributed by atoms with Crippen molar-refractivity contribution in [3.8, 4) is 0 Å². The smallest absolute Gasteiger partial charge is 0.257 e. The van der Waals surface area contributed by atoms with Crippen LogP contribution in [-0.4, -0.2) is 20.4 Å². The van der Waals surface area contributed by atoms with Gasteiger partial charge in [0.2, 0.25) is 10.0 Å². The molecule has 0 bridgehead atoms. The van der Waals surface area contributed by atoms with Crippen LogP contribution in [0.2, 0.25) is 10.0 Å². The summed E-state index contributed by atoms with van der Waals surface area (Å²) in [5.41, 5.74) is 2.57. The number of nitrogens with one attached hydrogen (secondary N) is 2. The molecule has 0 heterocycles. The number of anilines is 1. The zero-order valence-electron chi connectivity index (χ0n) is 14.3. The Hall–Kier alpha value is -1.60. The molecular formula is C18H18Cl2N2O3S. The number of amides is 1. The summed E-state index contributed by atoms with van der Waals surface area (Å²) in [6.45, 7) is 3.78. The van der Waals surface area contributed by atoms with Crippen LogP contribution in [0.3, 0.4) is 0 Å². The molecule has 2 aromatic rings. The normalized spacial score (nSPS) is 14.3. The number of carbonyl (C=O) groups is 1. The Balaban J connectivity index is 1.95. The molecule has 1 aliphatic rings. The van der Waals surface area contributed by atoms with Gasteiger partial charge in [0.15, 0.2) is 0 Å². The molecule has 1 aliphatic carbocycles. The number of benzene rings is 2. The van der Waals surface area contributed by atoms with Crippen LogP contribution < -0.4 is 10.0 Å². The van der Waals surface area contributed by atoms with Crippen molar-refractivity contribution in [1.29, 1.82) is 0 Å². The minimum atomic E-state index is -3.81. The fourth-order valence-electron chi connectivity index (χ4n) is 2.45. The molecule has 26 heavy (non-hydrogen) atoms. The molecule has 0 saturated heterocycles. The number of aryl methyl sites for hydroxylation is 2. The van der Waals surface area contributed by atoms with Crippen LogP contribution in [0.4, 0.5) is 5.69 Å². The van der Waals surface area contributed by atoms with Crippen molar-refractivity contribution in [3.05, 3.63) is 57.1 Å². The molecule has 0 spiro atoms. The molecule has 0 aliphatic heterocycles. The third kappa shape index (κ3) is 4.20. The first kappa shape index (κ1) is 19.2. The fraction of sp³-hybridized carbons (Fsp3) is 0.278. The predicted octanol–water partition coefficient (Wildman–Crippen LogP) is 4.30. The van der Waals surface area contributed by atoms with E-state index in [1.54, 1.807) is 0 Å². The standard InChI is InChI=1S/C18H18Cl2N2O3S/c1-10-3-4-11(2)16(7-10)21-18(23)13-8-17(15(20)9-14(13)19)26(24,25)22-12-5-6-12/h3-4,7-9,12,22H,5-6H2,1-2H3,(H,21,23). The summed E-state index contributed by atoms with van der Waals surface area (Å²) < 4.78 is 27.5.